The molecule has 1 amide bonds. The van der Waals surface area contributed by atoms with Crippen molar-refractivity contribution in [3.05, 3.63) is 70.9 Å². The van der Waals surface area contributed by atoms with Crippen molar-refractivity contribution in [2.75, 3.05) is 30.1 Å². The SMILES string of the molecule is COc1ccc(N(CC(=O)Nc2ccc(S(C)(=O)=O)cc2)Cc2cccs2)cc1. The number of carbonyl (C=O) groups is 1. The summed E-state index contributed by atoms with van der Waals surface area (Å²) in [5.41, 5.74) is 1.45. The predicted molar refractivity (Wildman–Crippen MR) is 117 cm³/mol. The highest BCUT2D eigenvalue weighted by atomic mass is 32.2. The topological polar surface area (TPSA) is 75.7 Å². The maximum atomic E-state index is 12.6. The van der Waals surface area contributed by atoms with E-state index in [1.165, 1.54) is 12.1 Å². The molecule has 0 aliphatic carbocycles. The van der Waals surface area contributed by atoms with Gasteiger partial charge in [-0.05, 0) is 60.0 Å². The molecule has 0 saturated carbocycles. The van der Waals surface area contributed by atoms with Gasteiger partial charge in [-0.15, -0.1) is 11.3 Å². The number of carbonyl (C=O) groups excluding carboxylic acids is 1. The lowest BCUT2D eigenvalue weighted by Gasteiger charge is -2.24. The molecule has 1 heterocycles. The molecule has 0 spiro atoms. The molecule has 1 aromatic heterocycles. The van der Waals surface area contributed by atoms with Gasteiger partial charge in [0, 0.05) is 22.5 Å². The molecule has 152 valence electrons. The largest absolute Gasteiger partial charge is 0.497 e. The van der Waals surface area contributed by atoms with Gasteiger partial charge >= 0.3 is 0 Å². The van der Waals surface area contributed by atoms with E-state index in [9.17, 15) is 13.2 Å². The van der Waals surface area contributed by atoms with Crippen LogP contribution in [0.5, 0.6) is 5.75 Å². The van der Waals surface area contributed by atoms with E-state index in [2.05, 4.69) is 5.32 Å². The third-order valence-corrected chi connectivity index (χ3v) is 6.25. The number of anilines is 2. The number of thiophene rings is 1. The van der Waals surface area contributed by atoms with E-state index in [0.717, 1.165) is 22.6 Å². The summed E-state index contributed by atoms with van der Waals surface area (Å²) < 4.78 is 28.3. The van der Waals surface area contributed by atoms with E-state index < -0.39 is 9.84 Å². The van der Waals surface area contributed by atoms with Crippen LogP contribution >= 0.6 is 11.3 Å². The summed E-state index contributed by atoms with van der Waals surface area (Å²) in [7, 11) is -1.66. The normalized spacial score (nSPS) is 11.1. The molecule has 0 bridgehead atoms. The van der Waals surface area contributed by atoms with Gasteiger partial charge in [-0.2, -0.15) is 0 Å². The molecule has 0 saturated heterocycles. The van der Waals surface area contributed by atoms with Crippen LogP contribution in [-0.4, -0.2) is 34.2 Å². The zero-order chi connectivity index (χ0) is 20.9. The smallest absolute Gasteiger partial charge is 0.243 e. The van der Waals surface area contributed by atoms with Crippen LogP contribution in [0.25, 0.3) is 0 Å². The van der Waals surface area contributed by atoms with Crippen LogP contribution in [0, 0.1) is 0 Å². The van der Waals surface area contributed by atoms with E-state index in [1.54, 1.807) is 30.6 Å². The van der Waals surface area contributed by atoms with Crippen molar-refractivity contribution < 1.29 is 17.9 Å². The summed E-state index contributed by atoms with van der Waals surface area (Å²) in [6.07, 6.45) is 1.15. The highest BCUT2D eigenvalue weighted by Crippen LogP contribution is 2.23. The number of methoxy groups -OCH3 is 1. The van der Waals surface area contributed by atoms with Gasteiger partial charge in [0.1, 0.15) is 5.75 Å². The van der Waals surface area contributed by atoms with E-state index in [0.29, 0.717) is 12.2 Å². The van der Waals surface area contributed by atoms with E-state index in [-0.39, 0.29) is 17.3 Å². The van der Waals surface area contributed by atoms with Crippen LogP contribution in [0.2, 0.25) is 0 Å². The van der Waals surface area contributed by atoms with Gasteiger partial charge in [0.25, 0.3) is 0 Å². The molecule has 8 heteroatoms. The molecular weight excluding hydrogens is 408 g/mol. The monoisotopic (exact) mass is 430 g/mol. The fourth-order valence-corrected chi connectivity index (χ4v) is 4.13. The highest BCUT2D eigenvalue weighted by molar-refractivity contribution is 7.90. The molecule has 0 aliphatic heterocycles. The molecule has 0 unspecified atom stereocenters. The Morgan fingerprint density at radius 3 is 2.31 bits per heavy atom. The van der Waals surface area contributed by atoms with Crippen LogP contribution in [0.3, 0.4) is 0 Å². The van der Waals surface area contributed by atoms with Crippen molar-refractivity contribution in [3.8, 4) is 5.75 Å². The zero-order valence-corrected chi connectivity index (χ0v) is 17.8. The minimum Gasteiger partial charge on any atom is -0.497 e. The van der Waals surface area contributed by atoms with E-state index in [4.69, 9.17) is 4.74 Å². The van der Waals surface area contributed by atoms with Crippen LogP contribution in [-0.2, 0) is 21.2 Å². The van der Waals surface area contributed by atoms with Crippen LogP contribution in [0.1, 0.15) is 4.88 Å². The minimum atomic E-state index is -3.27. The molecule has 1 N–H and O–H groups in total. The molecular formula is C21H22N2O4S2. The van der Waals surface area contributed by atoms with E-state index >= 15 is 0 Å². The molecule has 6 nitrogen and oxygen atoms in total. The van der Waals surface area contributed by atoms with E-state index in [1.807, 2.05) is 46.7 Å². The van der Waals surface area contributed by atoms with Gasteiger partial charge in [0.2, 0.25) is 5.91 Å². The number of nitrogens with zero attached hydrogens (tertiary/aromatic N) is 1. The number of nitrogens with one attached hydrogen (secondary N) is 1. The summed E-state index contributed by atoms with van der Waals surface area (Å²) in [6.45, 7) is 0.752. The van der Waals surface area contributed by atoms with Gasteiger partial charge < -0.3 is 15.0 Å². The summed E-state index contributed by atoms with van der Waals surface area (Å²) >= 11 is 1.63. The molecule has 3 rings (SSSR count). The lowest BCUT2D eigenvalue weighted by atomic mass is 10.2. The fourth-order valence-electron chi connectivity index (χ4n) is 2.78. The molecule has 0 aliphatic rings. The first kappa shape index (κ1) is 20.9. The van der Waals surface area contributed by atoms with Gasteiger partial charge in [0.05, 0.1) is 25.1 Å². The number of rotatable bonds is 8. The average Bonchev–Trinajstić information content (AvgIpc) is 3.20. The molecule has 0 fully saturated rings. The second kappa shape index (κ2) is 9.11. The molecule has 29 heavy (non-hydrogen) atoms. The van der Waals surface area contributed by atoms with Crippen molar-refractivity contribution in [2.45, 2.75) is 11.4 Å². The Morgan fingerprint density at radius 1 is 1.07 bits per heavy atom. The van der Waals surface area contributed by atoms with Crippen LogP contribution < -0.4 is 15.0 Å². The van der Waals surface area contributed by atoms with Crippen LogP contribution in [0.4, 0.5) is 11.4 Å². The Morgan fingerprint density at radius 2 is 1.76 bits per heavy atom. The van der Waals surface area contributed by atoms with Gasteiger partial charge in [-0.25, -0.2) is 8.42 Å². The molecule has 2 aromatic carbocycles. The molecule has 3 aromatic rings. The number of ether oxygens (including phenoxy) is 1. The van der Waals surface area contributed by atoms with Crippen molar-refractivity contribution in [1.82, 2.24) is 0 Å². The van der Waals surface area contributed by atoms with Gasteiger partial charge in [-0.1, -0.05) is 6.07 Å². The maximum absolute atomic E-state index is 12.6. The third-order valence-electron chi connectivity index (χ3n) is 4.27. The number of benzene rings is 2. The van der Waals surface area contributed by atoms with Gasteiger partial charge in [-0.3, -0.25) is 4.79 Å². The fraction of sp³-hybridized carbons (Fsp3) is 0.190. The first-order valence-electron chi connectivity index (χ1n) is 8.86. The second-order valence-electron chi connectivity index (χ2n) is 6.48. The lowest BCUT2D eigenvalue weighted by Crippen LogP contribution is -2.32. The Hall–Kier alpha value is -2.84. The van der Waals surface area contributed by atoms with Crippen molar-refractivity contribution in [1.29, 1.82) is 0 Å². The number of sulfone groups is 1. The Balaban J connectivity index is 1.73. The number of hydrogen-bond acceptors (Lipinski definition) is 6. The highest BCUT2D eigenvalue weighted by Gasteiger charge is 2.14. The summed E-state index contributed by atoms with van der Waals surface area (Å²) in [5.74, 6) is 0.560. The Kier molecular flexibility index (Phi) is 6.56. The number of hydrogen-bond donors (Lipinski definition) is 1. The predicted octanol–water partition coefficient (Wildman–Crippen LogP) is 3.81. The molecule has 0 radical (unpaired) electrons. The first-order chi connectivity index (χ1) is 13.8. The Labute approximate surface area is 174 Å². The van der Waals surface area contributed by atoms with Crippen molar-refractivity contribution in [2.24, 2.45) is 0 Å². The first-order valence-corrected chi connectivity index (χ1v) is 11.6. The third kappa shape index (κ3) is 5.82. The maximum Gasteiger partial charge on any atom is 0.243 e. The zero-order valence-electron chi connectivity index (χ0n) is 16.2. The second-order valence-corrected chi connectivity index (χ2v) is 9.53. The minimum absolute atomic E-state index is 0.151. The summed E-state index contributed by atoms with van der Waals surface area (Å²) in [4.78, 5) is 16.0. The quantitative estimate of drug-likeness (QED) is 0.588. The standard InChI is InChI=1S/C21H22N2O4S2/c1-27-18-9-7-17(8-10-18)23(14-19-4-3-13-28-19)15-21(24)22-16-5-11-20(12-6-16)29(2,25)26/h3-13H,14-15H2,1-2H3,(H,22,24). The van der Waals surface area contributed by atoms with Crippen molar-refractivity contribution >= 4 is 38.5 Å². The lowest BCUT2D eigenvalue weighted by molar-refractivity contribution is -0.115. The summed E-state index contributed by atoms with van der Waals surface area (Å²) in [6, 6.07) is 17.7. The number of amides is 1. The summed E-state index contributed by atoms with van der Waals surface area (Å²) in [5, 5.41) is 4.83. The molecule has 0 atom stereocenters. The van der Waals surface area contributed by atoms with Gasteiger partial charge in [0.15, 0.2) is 9.84 Å². The Bertz CT molecular complexity index is 1050. The van der Waals surface area contributed by atoms with Crippen molar-refractivity contribution in [3.63, 3.8) is 0 Å². The van der Waals surface area contributed by atoms with Crippen LogP contribution in [0.15, 0.2) is 70.9 Å². The average molecular weight is 431 g/mol.